The molecule has 0 N–H and O–H groups in total. The van der Waals surface area contributed by atoms with Crippen molar-refractivity contribution in [1.82, 2.24) is 4.90 Å². The Morgan fingerprint density at radius 3 is 2.44 bits per heavy atom. The summed E-state index contributed by atoms with van der Waals surface area (Å²) in [5.41, 5.74) is 0.118. The van der Waals surface area contributed by atoms with Gasteiger partial charge in [0.1, 0.15) is 11.5 Å². The second kappa shape index (κ2) is 7.56. The molecular weight excluding hydrogens is 360 g/mol. The van der Waals surface area contributed by atoms with Crippen LogP contribution < -0.4 is 9.64 Å². The highest BCUT2D eigenvalue weighted by Gasteiger charge is 2.28. The number of carbonyl (C=O) groups excluding carboxylic acids is 1. The van der Waals surface area contributed by atoms with Crippen LogP contribution in [-0.2, 0) is 0 Å². The van der Waals surface area contributed by atoms with Gasteiger partial charge in [0, 0.05) is 37.8 Å². The van der Waals surface area contributed by atoms with E-state index in [0.29, 0.717) is 26.2 Å². The molecule has 0 spiro atoms. The Hall–Kier alpha value is -3.23. The zero-order chi connectivity index (χ0) is 19.6. The van der Waals surface area contributed by atoms with Gasteiger partial charge in [0.2, 0.25) is 0 Å². The summed E-state index contributed by atoms with van der Waals surface area (Å²) in [6.07, 6.45) is 0. The number of halogens is 2. The fourth-order valence-electron chi connectivity index (χ4n) is 3.04. The van der Waals surface area contributed by atoms with Gasteiger partial charge in [-0.3, -0.25) is 14.9 Å². The predicted molar refractivity (Wildman–Crippen MR) is 94.1 cm³/mol. The Kier molecular flexibility index (Phi) is 5.20. The highest BCUT2D eigenvalue weighted by molar-refractivity contribution is 5.94. The van der Waals surface area contributed by atoms with Crippen molar-refractivity contribution in [2.45, 2.75) is 0 Å². The van der Waals surface area contributed by atoms with Gasteiger partial charge in [-0.2, -0.15) is 0 Å². The zero-order valence-corrected chi connectivity index (χ0v) is 14.5. The number of nitro groups is 1. The number of nitro benzene ring substituents is 1. The molecule has 1 amide bonds. The van der Waals surface area contributed by atoms with Gasteiger partial charge in [-0.1, -0.05) is 6.07 Å². The van der Waals surface area contributed by atoms with E-state index in [1.54, 1.807) is 9.80 Å². The molecule has 1 saturated heterocycles. The van der Waals surface area contributed by atoms with Crippen molar-refractivity contribution in [2.75, 3.05) is 38.2 Å². The number of anilines is 1. The first-order valence-electron chi connectivity index (χ1n) is 8.22. The third kappa shape index (κ3) is 3.81. The molecule has 1 aliphatic heterocycles. The molecule has 7 nitrogen and oxygen atoms in total. The summed E-state index contributed by atoms with van der Waals surface area (Å²) in [6, 6.07) is 7.55. The van der Waals surface area contributed by atoms with Crippen molar-refractivity contribution < 1.29 is 23.2 Å². The average Bonchev–Trinajstić information content (AvgIpc) is 2.67. The smallest absolute Gasteiger partial charge is 0.295 e. The van der Waals surface area contributed by atoms with Crippen molar-refractivity contribution in [3.05, 3.63) is 63.7 Å². The fourth-order valence-corrected chi connectivity index (χ4v) is 3.04. The average molecular weight is 377 g/mol. The molecular formula is C18H17F2N3O4. The Balaban J connectivity index is 1.78. The number of methoxy groups -OCH3 is 1. The molecule has 0 bridgehead atoms. The topological polar surface area (TPSA) is 75.9 Å². The Morgan fingerprint density at radius 1 is 1.15 bits per heavy atom. The first-order valence-corrected chi connectivity index (χ1v) is 8.22. The van der Waals surface area contributed by atoms with Crippen LogP contribution in [0.25, 0.3) is 0 Å². The SMILES string of the molecule is COc1cc(N2CCN(C(=O)c3cccc(F)c3)CC2)c([N+](=O)[O-])cc1F. The second-order valence-electron chi connectivity index (χ2n) is 6.02. The lowest BCUT2D eigenvalue weighted by molar-refractivity contribution is -0.384. The summed E-state index contributed by atoms with van der Waals surface area (Å²) in [7, 11) is 1.28. The third-order valence-corrected chi connectivity index (χ3v) is 4.42. The molecule has 142 valence electrons. The number of ether oxygens (including phenoxy) is 1. The maximum atomic E-state index is 13.8. The van der Waals surface area contributed by atoms with Crippen LogP contribution in [0.1, 0.15) is 10.4 Å². The van der Waals surface area contributed by atoms with E-state index in [4.69, 9.17) is 4.74 Å². The van der Waals surface area contributed by atoms with Gasteiger partial charge in [0.05, 0.1) is 18.1 Å². The minimum absolute atomic E-state index is 0.0890. The van der Waals surface area contributed by atoms with E-state index in [1.807, 2.05) is 0 Å². The van der Waals surface area contributed by atoms with E-state index in [0.717, 1.165) is 6.07 Å². The van der Waals surface area contributed by atoms with E-state index in [-0.39, 0.29) is 28.6 Å². The van der Waals surface area contributed by atoms with Gasteiger partial charge in [0.25, 0.3) is 11.6 Å². The monoisotopic (exact) mass is 377 g/mol. The van der Waals surface area contributed by atoms with E-state index < -0.39 is 16.6 Å². The van der Waals surface area contributed by atoms with Crippen LogP contribution in [0, 0.1) is 21.7 Å². The minimum atomic E-state index is -0.812. The van der Waals surface area contributed by atoms with Crippen LogP contribution in [0.5, 0.6) is 5.75 Å². The normalized spacial score (nSPS) is 14.2. The summed E-state index contributed by atoms with van der Waals surface area (Å²) in [5, 5.41) is 11.3. The number of piperazine rings is 1. The van der Waals surface area contributed by atoms with Crippen molar-refractivity contribution in [2.24, 2.45) is 0 Å². The number of rotatable bonds is 4. The van der Waals surface area contributed by atoms with E-state index in [9.17, 15) is 23.7 Å². The van der Waals surface area contributed by atoms with Crippen LogP contribution >= 0.6 is 0 Å². The Bertz CT molecular complexity index is 883. The van der Waals surface area contributed by atoms with E-state index in [1.165, 1.54) is 37.4 Å². The van der Waals surface area contributed by atoms with Gasteiger partial charge in [-0.05, 0) is 18.2 Å². The van der Waals surface area contributed by atoms with E-state index in [2.05, 4.69) is 0 Å². The number of hydrogen-bond acceptors (Lipinski definition) is 5. The summed E-state index contributed by atoms with van der Waals surface area (Å²) < 4.78 is 32.0. The third-order valence-electron chi connectivity index (χ3n) is 4.42. The standard InChI is InChI=1S/C18H17F2N3O4/c1-27-17-11-15(16(23(25)26)10-14(17)20)21-5-7-22(8-6-21)18(24)12-3-2-4-13(19)9-12/h2-4,9-11H,5-8H2,1H3. The van der Waals surface area contributed by atoms with Crippen LogP contribution in [0.2, 0.25) is 0 Å². The highest BCUT2D eigenvalue weighted by atomic mass is 19.1. The van der Waals surface area contributed by atoms with Crippen molar-refractivity contribution >= 4 is 17.3 Å². The molecule has 0 atom stereocenters. The number of hydrogen-bond donors (Lipinski definition) is 0. The van der Waals surface area contributed by atoms with Gasteiger partial charge < -0.3 is 14.5 Å². The summed E-state index contributed by atoms with van der Waals surface area (Å²) >= 11 is 0. The van der Waals surface area contributed by atoms with Gasteiger partial charge in [-0.25, -0.2) is 8.78 Å². The van der Waals surface area contributed by atoms with Crippen LogP contribution in [-0.4, -0.2) is 49.0 Å². The van der Waals surface area contributed by atoms with Crippen LogP contribution in [0.3, 0.4) is 0 Å². The van der Waals surface area contributed by atoms with Crippen LogP contribution in [0.15, 0.2) is 36.4 Å². The Labute approximate surface area is 153 Å². The second-order valence-corrected chi connectivity index (χ2v) is 6.02. The number of benzene rings is 2. The first-order chi connectivity index (χ1) is 12.9. The van der Waals surface area contributed by atoms with Gasteiger partial charge >= 0.3 is 0 Å². The lowest BCUT2D eigenvalue weighted by Crippen LogP contribution is -2.49. The molecule has 27 heavy (non-hydrogen) atoms. The summed E-state index contributed by atoms with van der Waals surface area (Å²) in [6.45, 7) is 1.23. The number of amides is 1. The molecule has 0 radical (unpaired) electrons. The molecule has 1 heterocycles. The Morgan fingerprint density at radius 2 is 1.85 bits per heavy atom. The maximum absolute atomic E-state index is 13.8. The summed E-state index contributed by atoms with van der Waals surface area (Å²) in [5.74, 6) is -1.70. The molecule has 2 aromatic carbocycles. The molecule has 0 unspecified atom stereocenters. The molecule has 1 fully saturated rings. The molecule has 0 aromatic heterocycles. The van der Waals surface area contributed by atoms with Crippen LogP contribution in [0.4, 0.5) is 20.2 Å². The number of carbonyl (C=O) groups is 1. The zero-order valence-electron chi connectivity index (χ0n) is 14.5. The maximum Gasteiger partial charge on any atom is 0.295 e. The lowest BCUT2D eigenvalue weighted by atomic mass is 10.1. The number of nitrogens with zero attached hydrogens (tertiary/aromatic N) is 3. The first kappa shape index (κ1) is 18.6. The summed E-state index contributed by atoms with van der Waals surface area (Å²) in [4.78, 5) is 26.4. The molecule has 2 aromatic rings. The van der Waals surface area contributed by atoms with Crippen molar-refractivity contribution in [3.63, 3.8) is 0 Å². The quantitative estimate of drug-likeness (QED) is 0.605. The molecule has 0 aliphatic carbocycles. The molecule has 0 saturated carbocycles. The van der Waals surface area contributed by atoms with Gasteiger partial charge in [0.15, 0.2) is 11.6 Å². The van der Waals surface area contributed by atoms with E-state index >= 15 is 0 Å². The fraction of sp³-hybridized carbons (Fsp3) is 0.278. The highest BCUT2D eigenvalue weighted by Crippen LogP contribution is 2.35. The predicted octanol–water partition coefficient (Wildman–Crippen LogP) is 2.84. The molecule has 9 heteroatoms. The largest absolute Gasteiger partial charge is 0.494 e. The minimum Gasteiger partial charge on any atom is -0.494 e. The molecule has 1 aliphatic rings. The van der Waals surface area contributed by atoms with Gasteiger partial charge in [-0.15, -0.1) is 0 Å². The van der Waals surface area contributed by atoms with Crippen molar-refractivity contribution in [3.8, 4) is 5.75 Å². The lowest BCUT2D eigenvalue weighted by Gasteiger charge is -2.36. The van der Waals surface area contributed by atoms with Crippen molar-refractivity contribution in [1.29, 1.82) is 0 Å². The molecule has 3 rings (SSSR count).